The van der Waals surface area contributed by atoms with E-state index < -0.39 is 5.97 Å². The van der Waals surface area contributed by atoms with Gasteiger partial charge in [0.05, 0.1) is 6.42 Å². The fourth-order valence-electron chi connectivity index (χ4n) is 1.70. The van der Waals surface area contributed by atoms with Crippen molar-refractivity contribution in [3.05, 3.63) is 54.4 Å². The zero-order valence-electron chi connectivity index (χ0n) is 8.84. The molecule has 0 spiro atoms. The number of aryl methyl sites for hydroxylation is 1. The minimum atomic E-state index is -0.763. The number of carboxylic acid groups (broad SMARTS) is 1. The number of para-hydroxylation sites is 1. The lowest BCUT2D eigenvalue weighted by molar-refractivity contribution is -0.136. The van der Waals surface area contributed by atoms with E-state index in [2.05, 4.69) is 0 Å². The second-order valence-corrected chi connectivity index (χ2v) is 3.60. The summed E-state index contributed by atoms with van der Waals surface area (Å²) in [7, 11) is 0. The number of aliphatic carboxylic acids is 1. The van der Waals surface area contributed by atoms with E-state index >= 15 is 0 Å². The van der Waals surface area contributed by atoms with Crippen LogP contribution >= 0.6 is 0 Å². The van der Waals surface area contributed by atoms with Gasteiger partial charge in [0.25, 0.3) is 0 Å². The average molecular weight is 215 g/mol. The number of rotatable bonds is 4. The highest BCUT2D eigenvalue weighted by Crippen LogP contribution is 2.13. The van der Waals surface area contributed by atoms with E-state index in [4.69, 9.17) is 5.11 Å². The molecule has 0 unspecified atom stereocenters. The van der Waals surface area contributed by atoms with Crippen LogP contribution in [-0.2, 0) is 11.2 Å². The number of nitrogens with zero attached hydrogens (tertiary/aromatic N) is 1. The molecule has 0 saturated carbocycles. The van der Waals surface area contributed by atoms with Crippen LogP contribution in [0.4, 0.5) is 0 Å². The van der Waals surface area contributed by atoms with E-state index in [-0.39, 0.29) is 6.42 Å². The highest BCUT2D eigenvalue weighted by molar-refractivity contribution is 5.67. The molecule has 16 heavy (non-hydrogen) atoms. The van der Waals surface area contributed by atoms with Gasteiger partial charge in [-0.05, 0) is 30.7 Å². The van der Waals surface area contributed by atoms with Crippen LogP contribution in [0.3, 0.4) is 0 Å². The predicted octanol–water partition coefficient (Wildman–Crippen LogP) is 2.49. The minimum absolute atomic E-state index is 0.164. The molecule has 0 radical (unpaired) electrons. The number of benzene rings is 1. The SMILES string of the molecule is O=C(O)CCc1cccn1-c1ccccc1. The Hall–Kier alpha value is -2.03. The molecule has 2 rings (SSSR count). The van der Waals surface area contributed by atoms with Gasteiger partial charge in [0.2, 0.25) is 0 Å². The molecule has 0 fully saturated rings. The van der Waals surface area contributed by atoms with Crippen LogP contribution in [0, 0.1) is 0 Å². The number of hydrogen-bond acceptors (Lipinski definition) is 1. The normalized spacial score (nSPS) is 10.2. The van der Waals surface area contributed by atoms with Crippen molar-refractivity contribution in [2.75, 3.05) is 0 Å². The Kier molecular flexibility index (Phi) is 3.05. The van der Waals surface area contributed by atoms with Crippen LogP contribution in [0.1, 0.15) is 12.1 Å². The van der Waals surface area contributed by atoms with Crippen molar-refractivity contribution in [3.8, 4) is 5.69 Å². The van der Waals surface area contributed by atoms with Crippen molar-refractivity contribution in [1.82, 2.24) is 4.57 Å². The van der Waals surface area contributed by atoms with Gasteiger partial charge in [-0.3, -0.25) is 4.79 Å². The van der Waals surface area contributed by atoms with Gasteiger partial charge in [-0.15, -0.1) is 0 Å². The third kappa shape index (κ3) is 2.31. The zero-order chi connectivity index (χ0) is 11.4. The summed E-state index contributed by atoms with van der Waals surface area (Å²) in [6, 6.07) is 13.8. The Bertz CT molecular complexity index is 474. The summed E-state index contributed by atoms with van der Waals surface area (Å²) in [5, 5.41) is 8.66. The van der Waals surface area contributed by atoms with Gasteiger partial charge in [0, 0.05) is 17.6 Å². The molecule has 1 aromatic heterocycles. The second kappa shape index (κ2) is 4.66. The highest BCUT2D eigenvalue weighted by Gasteiger charge is 2.04. The van der Waals surface area contributed by atoms with E-state index in [9.17, 15) is 4.79 Å². The third-order valence-corrected chi connectivity index (χ3v) is 2.46. The van der Waals surface area contributed by atoms with Crippen molar-refractivity contribution < 1.29 is 9.90 Å². The van der Waals surface area contributed by atoms with Crippen LogP contribution < -0.4 is 0 Å². The van der Waals surface area contributed by atoms with E-state index in [0.717, 1.165) is 11.4 Å². The van der Waals surface area contributed by atoms with Gasteiger partial charge in [0.15, 0.2) is 0 Å². The molecule has 3 heteroatoms. The molecule has 0 amide bonds. The summed E-state index contributed by atoms with van der Waals surface area (Å²) in [6.07, 6.45) is 2.67. The molecule has 0 bridgehead atoms. The smallest absolute Gasteiger partial charge is 0.303 e. The zero-order valence-corrected chi connectivity index (χ0v) is 8.84. The van der Waals surface area contributed by atoms with Crippen molar-refractivity contribution in [1.29, 1.82) is 0 Å². The van der Waals surface area contributed by atoms with Crippen molar-refractivity contribution in [2.24, 2.45) is 0 Å². The molecule has 82 valence electrons. The second-order valence-electron chi connectivity index (χ2n) is 3.60. The van der Waals surface area contributed by atoms with Crippen molar-refractivity contribution >= 4 is 5.97 Å². The van der Waals surface area contributed by atoms with Gasteiger partial charge < -0.3 is 9.67 Å². The van der Waals surface area contributed by atoms with Gasteiger partial charge in [0.1, 0.15) is 0 Å². The van der Waals surface area contributed by atoms with Crippen LogP contribution in [0.5, 0.6) is 0 Å². The van der Waals surface area contributed by atoms with Gasteiger partial charge >= 0.3 is 5.97 Å². The van der Waals surface area contributed by atoms with E-state index in [1.54, 1.807) is 0 Å². The molecule has 0 saturated heterocycles. The van der Waals surface area contributed by atoms with Crippen molar-refractivity contribution in [2.45, 2.75) is 12.8 Å². The largest absolute Gasteiger partial charge is 0.481 e. The molecule has 3 nitrogen and oxygen atoms in total. The van der Waals surface area contributed by atoms with E-state index in [1.165, 1.54) is 0 Å². The number of carboxylic acids is 1. The van der Waals surface area contributed by atoms with Gasteiger partial charge in [-0.1, -0.05) is 18.2 Å². The molecule has 0 aliphatic carbocycles. The molecule has 0 aliphatic heterocycles. The Labute approximate surface area is 94.0 Å². The summed E-state index contributed by atoms with van der Waals surface area (Å²) in [5.74, 6) is -0.763. The maximum absolute atomic E-state index is 10.5. The van der Waals surface area contributed by atoms with Crippen LogP contribution in [-0.4, -0.2) is 15.6 Å². The van der Waals surface area contributed by atoms with E-state index in [1.807, 2.05) is 53.2 Å². The molecule has 1 heterocycles. The lowest BCUT2D eigenvalue weighted by atomic mass is 10.2. The first-order valence-electron chi connectivity index (χ1n) is 5.21. The lowest BCUT2D eigenvalue weighted by Crippen LogP contribution is -2.03. The minimum Gasteiger partial charge on any atom is -0.481 e. The van der Waals surface area contributed by atoms with E-state index in [0.29, 0.717) is 6.42 Å². The average Bonchev–Trinajstić information content (AvgIpc) is 2.75. The van der Waals surface area contributed by atoms with Crippen LogP contribution in [0.15, 0.2) is 48.7 Å². The number of aromatic nitrogens is 1. The Morgan fingerprint density at radius 2 is 1.88 bits per heavy atom. The fourth-order valence-corrected chi connectivity index (χ4v) is 1.70. The number of carbonyl (C=O) groups is 1. The lowest BCUT2D eigenvalue weighted by Gasteiger charge is -2.07. The van der Waals surface area contributed by atoms with Crippen LogP contribution in [0.25, 0.3) is 5.69 Å². The first-order chi connectivity index (χ1) is 7.77. The predicted molar refractivity (Wildman–Crippen MR) is 61.7 cm³/mol. The fraction of sp³-hybridized carbons (Fsp3) is 0.154. The van der Waals surface area contributed by atoms with Crippen molar-refractivity contribution in [3.63, 3.8) is 0 Å². The maximum atomic E-state index is 10.5. The first-order valence-corrected chi connectivity index (χ1v) is 5.21. The summed E-state index contributed by atoms with van der Waals surface area (Å²) in [6.45, 7) is 0. The maximum Gasteiger partial charge on any atom is 0.303 e. The summed E-state index contributed by atoms with van der Waals surface area (Å²) >= 11 is 0. The molecule has 2 aromatic rings. The van der Waals surface area contributed by atoms with Crippen LogP contribution in [0.2, 0.25) is 0 Å². The summed E-state index contributed by atoms with van der Waals surface area (Å²) in [5.41, 5.74) is 2.08. The summed E-state index contributed by atoms with van der Waals surface area (Å²) in [4.78, 5) is 10.5. The standard InChI is InChI=1S/C13H13NO2/c15-13(16)9-8-12-7-4-10-14(12)11-5-2-1-3-6-11/h1-7,10H,8-9H2,(H,15,16). The summed E-state index contributed by atoms with van der Waals surface area (Å²) < 4.78 is 2.02. The molecular formula is C13H13NO2. The Balaban J connectivity index is 2.23. The molecule has 0 aliphatic rings. The Morgan fingerprint density at radius 3 is 2.56 bits per heavy atom. The first kappa shape index (κ1) is 10.5. The topological polar surface area (TPSA) is 42.2 Å². The monoisotopic (exact) mass is 215 g/mol. The van der Waals surface area contributed by atoms with Gasteiger partial charge in [-0.2, -0.15) is 0 Å². The molecule has 1 N–H and O–H groups in total. The number of hydrogen-bond donors (Lipinski definition) is 1. The third-order valence-electron chi connectivity index (χ3n) is 2.46. The molecule has 1 aromatic carbocycles. The highest BCUT2D eigenvalue weighted by atomic mass is 16.4. The molecular weight excluding hydrogens is 202 g/mol. The Morgan fingerprint density at radius 1 is 1.12 bits per heavy atom. The van der Waals surface area contributed by atoms with Gasteiger partial charge in [-0.25, -0.2) is 0 Å². The quantitative estimate of drug-likeness (QED) is 0.851. The molecule has 0 atom stereocenters.